The highest BCUT2D eigenvalue weighted by molar-refractivity contribution is 8.15. The normalized spacial score (nSPS) is 16.7. The van der Waals surface area contributed by atoms with Crippen molar-refractivity contribution in [2.24, 2.45) is 4.99 Å². The van der Waals surface area contributed by atoms with Crippen LogP contribution < -0.4 is 5.32 Å². The number of methoxy groups -OCH3 is 1. The maximum atomic E-state index is 13.2. The average molecular weight is 508 g/mol. The number of para-hydroxylation sites is 1. The minimum Gasteiger partial charge on any atom is -0.465 e. The number of hydrogen-bond acceptors (Lipinski definition) is 6. The van der Waals surface area contributed by atoms with Crippen LogP contribution in [0.15, 0.2) is 83.9 Å². The molecule has 1 heterocycles. The number of amides is 2. The van der Waals surface area contributed by atoms with Gasteiger partial charge in [0, 0.05) is 17.1 Å². The molecule has 0 aromatic heterocycles. The Balaban J connectivity index is 1.54. The summed E-state index contributed by atoms with van der Waals surface area (Å²) in [6, 6.07) is 22.9. The Kier molecular flexibility index (Phi) is 7.84. The third-order valence-corrected chi connectivity index (χ3v) is 6.68. The van der Waals surface area contributed by atoms with Gasteiger partial charge in [0.15, 0.2) is 5.17 Å². The van der Waals surface area contributed by atoms with Gasteiger partial charge >= 0.3 is 5.97 Å². The van der Waals surface area contributed by atoms with Gasteiger partial charge < -0.3 is 10.1 Å². The lowest BCUT2D eigenvalue weighted by Crippen LogP contribution is -2.44. The summed E-state index contributed by atoms with van der Waals surface area (Å²) in [6.45, 7) is 0.317. The number of carbonyl (C=O) groups is 3. The predicted octanol–water partition coefficient (Wildman–Crippen LogP) is 5.29. The SMILES string of the molecule is COC(=O)c1ccc(NC(=O)C2CC(=O)N(Cc3ccc(Cl)cc3)C(=Nc3ccccc3)S2)cc1. The Morgan fingerprint density at radius 3 is 2.40 bits per heavy atom. The second-order valence-electron chi connectivity index (χ2n) is 7.71. The molecule has 0 aliphatic carbocycles. The van der Waals surface area contributed by atoms with Gasteiger partial charge in [-0.15, -0.1) is 0 Å². The summed E-state index contributed by atoms with van der Waals surface area (Å²) in [5, 5.41) is 3.22. The number of anilines is 1. The van der Waals surface area contributed by atoms with E-state index in [1.165, 1.54) is 18.9 Å². The summed E-state index contributed by atoms with van der Waals surface area (Å²) in [4.78, 5) is 44.1. The van der Waals surface area contributed by atoms with Gasteiger partial charge in [-0.2, -0.15) is 0 Å². The van der Waals surface area contributed by atoms with E-state index in [0.717, 1.165) is 5.56 Å². The lowest BCUT2D eigenvalue weighted by molar-refractivity contribution is -0.129. The molecule has 1 unspecified atom stereocenters. The van der Waals surface area contributed by atoms with E-state index in [1.807, 2.05) is 42.5 Å². The molecule has 9 heteroatoms. The van der Waals surface area contributed by atoms with Crippen molar-refractivity contribution >= 4 is 57.7 Å². The number of benzene rings is 3. The fraction of sp³-hybridized carbons (Fsp3) is 0.154. The Bertz CT molecular complexity index is 1250. The van der Waals surface area contributed by atoms with Crippen LogP contribution in [0.4, 0.5) is 11.4 Å². The molecule has 4 rings (SSSR count). The standard InChI is InChI=1S/C26H22ClN3O4S/c1-34-25(33)18-9-13-21(14-10-18)28-24(32)22-15-23(31)30(16-17-7-11-19(27)12-8-17)26(35-22)29-20-5-3-2-4-6-20/h2-14,22H,15-16H2,1H3,(H,28,32). The molecule has 0 spiro atoms. The van der Waals surface area contributed by atoms with E-state index in [-0.39, 0.29) is 18.2 Å². The van der Waals surface area contributed by atoms with Crippen molar-refractivity contribution in [3.8, 4) is 0 Å². The Morgan fingerprint density at radius 2 is 1.74 bits per heavy atom. The zero-order valence-electron chi connectivity index (χ0n) is 18.8. The molecule has 178 valence electrons. The maximum Gasteiger partial charge on any atom is 0.337 e. The van der Waals surface area contributed by atoms with Crippen molar-refractivity contribution in [2.45, 2.75) is 18.2 Å². The number of amidine groups is 1. The number of rotatable bonds is 6. The van der Waals surface area contributed by atoms with Gasteiger partial charge in [-0.25, -0.2) is 9.79 Å². The topological polar surface area (TPSA) is 88.1 Å². The highest BCUT2D eigenvalue weighted by atomic mass is 35.5. The predicted molar refractivity (Wildman–Crippen MR) is 138 cm³/mol. The lowest BCUT2D eigenvalue weighted by atomic mass is 10.2. The lowest BCUT2D eigenvalue weighted by Gasteiger charge is -2.32. The molecular formula is C26H22ClN3O4S. The van der Waals surface area contributed by atoms with E-state index in [1.54, 1.807) is 41.3 Å². The van der Waals surface area contributed by atoms with Gasteiger partial charge in [0.1, 0.15) is 5.25 Å². The Hall–Kier alpha value is -3.62. The minimum atomic E-state index is -0.660. The number of aliphatic imine (C=N–C) groups is 1. The fourth-order valence-electron chi connectivity index (χ4n) is 3.41. The molecule has 2 amide bonds. The molecule has 1 aliphatic rings. The first-order valence-corrected chi connectivity index (χ1v) is 12.0. The molecule has 1 N–H and O–H groups in total. The summed E-state index contributed by atoms with van der Waals surface area (Å²) < 4.78 is 4.69. The molecule has 0 saturated carbocycles. The second-order valence-corrected chi connectivity index (χ2v) is 9.31. The van der Waals surface area contributed by atoms with E-state index in [0.29, 0.717) is 33.7 Å². The van der Waals surface area contributed by atoms with Crippen LogP contribution in [0.3, 0.4) is 0 Å². The van der Waals surface area contributed by atoms with Crippen LogP contribution in [-0.4, -0.2) is 40.2 Å². The summed E-state index contributed by atoms with van der Waals surface area (Å²) in [7, 11) is 1.31. The zero-order chi connectivity index (χ0) is 24.8. The van der Waals surface area contributed by atoms with Gasteiger partial charge in [-0.05, 0) is 54.1 Å². The molecule has 1 fully saturated rings. The largest absolute Gasteiger partial charge is 0.465 e. The monoisotopic (exact) mass is 507 g/mol. The smallest absolute Gasteiger partial charge is 0.337 e. The van der Waals surface area contributed by atoms with Crippen molar-refractivity contribution in [3.63, 3.8) is 0 Å². The zero-order valence-corrected chi connectivity index (χ0v) is 20.4. The van der Waals surface area contributed by atoms with Crippen LogP contribution >= 0.6 is 23.4 Å². The van der Waals surface area contributed by atoms with Crippen LogP contribution in [0.1, 0.15) is 22.3 Å². The second kappa shape index (κ2) is 11.2. The Labute approximate surface area is 212 Å². The number of thioether (sulfide) groups is 1. The van der Waals surface area contributed by atoms with Crippen LogP contribution in [-0.2, 0) is 20.9 Å². The number of halogens is 1. The third kappa shape index (κ3) is 6.29. The van der Waals surface area contributed by atoms with Crippen molar-refractivity contribution in [2.75, 3.05) is 12.4 Å². The van der Waals surface area contributed by atoms with Gasteiger partial charge in [-0.3, -0.25) is 14.5 Å². The third-order valence-electron chi connectivity index (χ3n) is 5.24. The fourth-order valence-corrected chi connectivity index (χ4v) is 4.64. The van der Waals surface area contributed by atoms with Gasteiger partial charge in [0.05, 0.1) is 24.9 Å². The van der Waals surface area contributed by atoms with Crippen molar-refractivity contribution < 1.29 is 19.1 Å². The van der Waals surface area contributed by atoms with Crippen molar-refractivity contribution in [1.29, 1.82) is 0 Å². The molecular weight excluding hydrogens is 486 g/mol. The summed E-state index contributed by atoms with van der Waals surface area (Å²) in [5.41, 5.74) is 2.48. The quantitative estimate of drug-likeness (QED) is 0.458. The van der Waals surface area contributed by atoms with E-state index < -0.39 is 11.2 Å². The van der Waals surface area contributed by atoms with E-state index in [9.17, 15) is 14.4 Å². The number of hydrogen-bond donors (Lipinski definition) is 1. The van der Waals surface area contributed by atoms with Crippen LogP contribution in [0, 0.1) is 0 Å². The van der Waals surface area contributed by atoms with E-state index in [2.05, 4.69) is 10.3 Å². The molecule has 3 aromatic rings. The van der Waals surface area contributed by atoms with Crippen molar-refractivity contribution in [1.82, 2.24) is 4.90 Å². The first kappa shape index (κ1) is 24.5. The molecule has 7 nitrogen and oxygen atoms in total. The van der Waals surface area contributed by atoms with E-state index >= 15 is 0 Å². The van der Waals surface area contributed by atoms with Gasteiger partial charge in [-0.1, -0.05) is 53.7 Å². The molecule has 35 heavy (non-hydrogen) atoms. The minimum absolute atomic E-state index is 0.0259. The number of nitrogens with zero attached hydrogens (tertiary/aromatic N) is 2. The Morgan fingerprint density at radius 1 is 1.06 bits per heavy atom. The van der Waals surface area contributed by atoms with Crippen LogP contribution in [0.5, 0.6) is 0 Å². The molecule has 1 atom stereocenters. The van der Waals surface area contributed by atoms with Gasteiger partial charge in [0.25, 0.3) is 0 Å². The molecule has 1 aliphatic heterocycles. The first-order valence-electron chi connectivity index (χ1n) is 10.8. The maximum absolute atomic E-state index is 13.2. The van der Waals surface area contributed by atoms with Crippen molar-refractivity contribution in [3.05, 3.63) is 95.0 Å². The molecule has 1 saturated heterocycles. The average Bonchev–Trinajstić information content (AvgIpc) is 2.87. The molecule has 0 radical (unpaired) electrons. The van der Waals surface area contributed by atoms with Crippen LogP contribution in [0.2, 0.25) is 5.02 Å². The van der Waals surface area contributed by atoms with Gasteiger partial charge in [0.2, 0.25) is 11.8 Å². The highest BCUT2D eigenvalue weighted by Crippen LogP contribution is 2.31. The molecule has 3 aromatic carbocycles. The molecule has 0 bridgehead atoms. The number of ether oxygens (including phenoxy) is 1. The number of carbonyl (C=O) groups excluding carboxylic acids is 3. The summed E-state index contributed by atoms with van der Waals surface area (Å²) >= 11 is 7.24. The first-order chi connectivity index (χ1) is 16.9. The van der Waals surface area contributed by atoms with E-state index in [4.69, 9.17) is 16.3 Å². The number of esters is 1. The highest BCUT2D eigenvalue weighted by Gasteiger charge is 2.36. The summed E-state index contributed by atoms with van der Waals surface area (Å²) in [5.74, 6) is -0.977. The summed E-state index contributed by atoms with van der Waals surface area (Å²) in [6.07, 6.45) is 0.0259. The van der Waals surface area contributed by atoms with Crippen LogP contribution in [0.25, 0.3) is 0 Å². The number of nitrogens with one attached hydrogen (secondary N) is 1.